The summed E-state index contributed by atoms with van der Waals surface area (Å²) in [6.07, 6.45) is 0. The molecule has 9 nitrogen and oxygen atoms in total. The van der Waals surface area contributed by atoms with Crippen LogP contribution in [0, 0.1) is 0 Å². The first-order valence-electron chi connectivity index (χ1n) is 26.6. The van der Waals surface area contributed by atoms with Gasteiger partial charge in [0, 0.05) is 50.1 Å². The summed E-state index contributed by atoms with van der Waals surface area (Å²) in [6.45, 7) is 0. The Balaban J connectivity index is 1.07. The van der Waals surface area contributed by atoms with Crippen LogP contribution in [0.15, 0.2) is 285 Å². The van der Waals surface area contributed by atoms with Crippen molar-refractivity contribution < 1.29 is 0 Å². The van der Waals surface area contributed by atoms with Gasteiger partial charge < -0.3 is 4.90 Å². The van der Waals surface area contributed by atoms with Gasteiger partial charge in [-0.05, 0) is 54.1 Å². The third-order valence-electron chi connectivity index (χ3n) is 14.3. The van der Waals surface area contributed by atoms with E-state index in [1.165, 1.54) is 0 Å². The van der Waals surface area contributed by atoms with Crippen molar-refractivity contribution in [1.29, 1.82) is 0 Å². The maximum atomic E-state index is 5.59. The van der Waals surface area contributed by atoms with Gasteiger partial charge in [-0.3, -0.25) is 4.90 Å². The Morgan fingerprint density at radius 2 is 0.487 bits per heavy atom. The van der Waals surface area contributed by atoms with Crippen molar-refractivity contribution in [3.63, 3.8) is 0 Å². The maximum absolute atomic E-state index is 5.59. The van der Waals surface area contributed by atoms with Crippen molar-refractivity contribution in [2.45, 2.75) is 0 Å². The van der Waals surface area contributed by atoms with Gasteiger partial charge in [0.05, 0.1) is 51.2 Å². The smallest absolute Gasteiger partial charge is 0.238 e. The zero-order valence-corrected chi connectivity index (χ0v) is 43.2. The molecule has 14 rings (SSSR count). The van der Waals surface area contributed by atoms with Gasteiger partial charge in [0.15, 0.2) is 23.3 Å². The summed E-state index contributed by atoms with van der Waals surface area (Å²) in [7, 11) is 0. The van der Waals surface area contributed by atoms with Crippen LogP contribution in [0.2, 0.25) is 0 Å². The molecular weight excluding hydrogens is 979 g/mol. The Kier molecular flexibility index (Phi) is 12.3. The molecule has 0 N–H and O–H groups in total. The van der Waals surface area contributed by atoms with Crippen molar-refractivity contribution in [3.8, 4) is 102 Å². The van der Waals surface area contributed by atoms with Crippen molar-refractivity contribution in [2.75, 3.05) is 9.80 Å². The monoisotopic (exact) mass is 1030 g/mol. The van der Waals surface area contributed by atoms with Gasteiger partial charge in [-0.25, -0.2) is 24.9 Å². The molecule has 376 valence electrons. The van der Waals surface area contributed by atoms with Crippen LogP contribution in [-0.2, 0) is 0 Å². The molecule has 4 heterocycles. The zero-order chi connectivity index (χ0) is 53.2. The van der Waals surface area contributed by atoms with Crippen molar-refractivity contribution in [1.82, 2.24) is 34.9 Å². The Morgan fingerprint density at radius 1 is 0.200 bits per heavy atom. The number of anilines is 6. The molecule has 0 saturated carbocycles. The lowest BCUT2D eigenvalue weighted by Gasteiger charge is -2.40. The number of nitrogens with zero attached hydrogens (tertiary/aromatic N) is 9. The minimum Gasteiger partial charge on any atom is -0.305 e. The predicted molar refractivity (Wildman–Crippen MR) is 323 cm³/mol. The van der Waals surface area contributed by atoms with E-state index in [4.69, 9.17) is 34.9 Å². The fraction of sp³-hybridized carbons (Fsp3) is 0. The Labute approximate surface area is 463 Å². The summed E-state index contributed by atoms with van der Waals surface area (Å²) in [5.41, 5.74) is 16.7. The van der Waals surface area contributed by atoms with Crippen LogP contribution in [0.4, 0.5) is 34.4 Å². The van der Waals surface area contributed by atoms with Crippen molar-refractivity contribution >= 4 is 34.4 Å². The fourth-order valence-corrected chi connectivity index (χ4v) is 10.5. The number of hydrogen-bond acceptors (Lipinski definition) is 9. The van der Waals surface area contributed by atoms with E-state index >= 15 is 0 Å². The molecule has 0 fully saturated rings. The zero-order valence-electron chi connectivity index (χ0n) is 43.2. The second kappa shape index (κ2) is 20.8. The lowest BCUT2D eigenvalue weighted by molar-refractivity contribution is 1.01. The van der Waals surface area contributed by atoms with Crippen LogP contribution in [0.5, 0.6) is 0 Å². The van der Waals surface area contributed by atoms with E-state index < -0.39 is 0 Å². The highest BCUT2D eigenvalue weighted by Gasteiger charge is 2.36. The van der Waals surface area contributed by atoms with E-state index in [2.05, 4.69) is 161 Å². The quantitative estimate of drug-likeness (QED) is 0.125. The van der Waals surface area contributed by atoms with Crippen molar-refractivity contribution in [2.24, 2.45) is 0 Å². The summed E-state index contributed by atoms with van der Waals surface area (Å²) >= 11 is 0. The first-order valence-corrected chi connectivity index (χ1v) is 26.6. The number of hydrogen-bond donors (Lipinski definition) is 0. The number of fused-ring (bicyclic) bond motifs is 2. The summed E-state index contributed by atoms with van der Waals surface area (Å²) in [5.74, 6) is 2.78. The van der Waals surface area contributed by atoms with Gasteiger partial charge in [0.2, 0.25) is 5.95 Å². The summed E-state index contributed by atoms with van der Waals surface area (Å²) in [5, 5.41) is 0. The van der Waals surface area contributed by atoms with E-state index in [1.807, 2.05) is 133 Å². The van der Waals surface area contributed by atoms with Gasteiger partial charge >= 0.3 is 0 Å². The molecule has 0 amide bonds. The highest BCUT2D eigenvalue weighted by molar-refractivity contribution is 6.07. The Bertz CT molecular complexity index is 4120. The molecule has 10 aromatic carbocycles. The van der Waals surface area contributed by atoms with Gasteiger partial charge in [0.1, 0.15) is 0 Å². The maximum Gasteiger partial charge on any atom is 0.238 e. The molecule has 13 aromatic rings. The fourth-order valence-electron chi connectivity index (χ4n) is 10.5. The molecule has 1 aliphatic rings. The molecule has 9 heteroatoms. The van der Waals surface area contributed by atoms with Gasteiger partial charge in [-0.1, -0.05) is 237 Å². The molecular formula is C71H47N9. The predicted octanol–water partition coefficient (Wildman–Crippen LogP) is 17.7. The molecule has 1 aliphatic heterocycles. The minimum atomic E-state index is 0.483. The van der Waals surface area contributed by atoms with Crippen molar-refractivity contribution in [3.05, 3.63) is 285 Å². The van der Waals surface area contributed by atoms with Crippen LogP contribution < -0.4 is 9.80 Å². The summed E-state index contributed by atoms with van der Waals surface area (Å²) in [6, 6.07) is 97.5. The van der Waals surface area contributed by atoms with E-state index in [0.717, 1.165) is 101 Å². The third-order valence-corrected chi connectivity index (χ3v) is 14.3. The highest BCUT2D eigenvalue weighted by atomic mass is 15.3. The largest absolute Gasteiger partial charge is 0.305 e. The molecule has 0 bridgehead atoms. The number of rotatable bonds is 11. The van der Waals surface area contributed by atoms with E-state index in [1.54, 1.807) is 0 Å². The third kappa shape index (κ3) is 9.10. The molecule has 0 aliphatic carbocycles. The first-order chi connectivity index (χ1) is 39.7. The number of para-hydroxylation sites is 4. The van der Waals surface area contributed by atoms with E-state index in [0.29, 0.717) is 34.9 Å². The van der Waals surface area contributed by atoms with Crippen LogP contribution in [0.25, 0.3) is 102 Å². The average molecular weight is 1030 g/mol. The summed E-state index contributed by atoms with van der Waals surface area (Å²) in [4.78, 5) is 42.0. The lowest BCUT2D eigenvalue weighted by Crippen LogP contribution is -2.26. The topological polar surface area (TPSA) is 96.7 Å². The molecule has 0 atom stereocenters. The van der Waals surface area contributed by atoms with Crippen LogP contribution in [0.3, 0.4) is 0 Å². The van der Waals surface area contributed by atoms with Gasteiger partial charge in [-0.2, -0.15) is 9.97 Å². The number of benzene rings is 10. The normalized spacial score (nSPS) is 11.7. The highest BCUT2D eigenvalue weighted by Crippen LogP contribution is 2.57. The van der Waals surface area contributed by atoms with Gasteiger partial charge in [0.25, 0.3) is 0 Å². The molecule has 0 unspecified atom stereocenters. The summed E-state index contributed by atoms with van der Waals surface area (Å²) < 4.78 is 0. The second-order valence-electron chi connectivity index (χ2n) is 19.3. The standard InChI is InChI=1S/C71H47N9/c1-8-26-48(27-9-1)56-44-55(70-73-58(49-28-10-2-11-29-49)46-59(74-70)50-30-12-3-13-31-50)45-57(61-47-60(51-32-14-4-15-33-51)72-67(75-61)52-34-16-5-17-35-52)66(56)79-62-40-22-24-42-64(62)80(65-43-25-23-41-63(65)79)71-77-68(53-36-18-6-19-37-53)76-69(78-71)54-38-20-7-21-39-54/h1-47H. The average Bonchev–Trinajstić information content (AvgIpc) is 3.64. The molecule has 0 radical (unpaired) electrons. The Hall–Kier alpha value is -11.0. The van der Waals surface area contributed by atoms with Gasteiger partial charge in [-0.15, -0.1) is 0 Å². The molecule has 3 aromatic heterocycles. The second-order valence-corrected chi connectivity index (χ2v) is 19.3. The minimum absolute atomic E-state index is 0.483. The van der Waals surface area contributed by atoms with Crippen LogP contribution >= 0.6 is 0 Å². The van der Waals surface area contributed by atoms with E-state index in [-0.39, 0.29) is 0 Å². The lowest BCUT2D eigenvalue weighted by atomic mass is 9.92. The molecule has 0 spiro atoms. The Morgan fingerprint density at radius 3 is 0.887 bits per heavy atom. The van der Waals surface area contributed by atoms with E-state index in [9.17, 15) is 0 Å². The molecule has 0 saturated heterocycles. The number of aromatic nitrogens is 7. The first kappa shape index (κ1) is 47.4. The SMILES string of the molecule is c1ccc(-c2cc(-c3ccccc3)nc(-c3cc(-c4ccccc4)c(N4c5ccccc5N(c5nc(-c6ccccc6)nc(-c6ccccc6)n5)c5ccccc54)c(-c4cc(-c5ccccc5)nc(-c5ccccc5)n4)c3)n2)cc1. The molecule has 80 heavy (non-hydrogen) atoms. The van der Waals surface area contributed by atoms with Crippen LogP contribution in [-0.4, -0.2) is 34.9 Å². The van der Waals surface area contributed by atoms with Crippen LogP contribution in [0.1, 0.15) is 0 Å².